The van der Waals surface area contributed by atoms with Crippen molar-refractivity contribution in [3.8, 4) is 22.3 Å². The zero-order chi connectivity index (χ0) is 50.0. The molecule has 11 aromatic carbocycles. The normalized spacial score (nSPS) is 12.6. The predicted molar refractivity (Wildman–Crippen MR) is 316 cm³/mol. The van der Waals surface area contributed by atoms with E-state index >= 15 is 0 Å². The summed E-state index contributed by atoms with van der Waals surface area (Å²) in [6, 6.07) is 94.1. The van der Waals surface area contributed by atoms with E-state index in [2.05, 4.69) is 314 Å². The Balaban J connectivity index is 0.891. The molecule has 0 aliphatic heterocycles. The van der Waals surface area contributed by atoms with Gasteiger partial charge >= 0.3 is 0 Å². The monoisotopic (exact) mass is 949 g/mol. The van der Waals surface area contributed by atoms with Crippen LogP contribution in [0.15, 0.2) is 292 Å². The number of hydrogen-bond donors (Lipinski definition) is 0. The first kappa shape index (κ1) is 45.7. The summed E-state index contributed by atoms with van der Waals surface area (Å²) in [5.74, 6) is 0. The molecule has 0 aromatic heterocycles. The number of allylic oxidation sites excluding steroid dienone is 4. The quantitative estimate of drug-likeness (QED) is 0.107. The Morgan fingerprint density at radius 1 is 0.392 bits per heavy atom. The summed E-state index contributed by atoms with van der Waals surface area (Å²) in [6.45, 7) is 8.85. The molecular weight excluding hydrogens is 895 g/mol. The summed E-state index contributed by atoms with van der Waals surface area (Å²) in [5, 5.41) is 4.83. The molecule has 0 heterocycles. The number of fused-ring (bicyclic) bond motifs is 5. The van der Waals surface area contributed by atoms with Crippen molar-refractivity contribution in [1.29, 1.82) is 0 Å². The molecule has 0 spiro atoms. The topological polar surface area (TPSA) is 9.72 Å². The Hall–Kier alpha value is -9.44. The van der Waals surface area contributed by atoms with Crippen molar-refractivity contribution in [3.63, 3.8) is 0 Å². The van der Waals surface area contributed by atoms with Crippen molar-refractivity contribution < 1.29 is 0 Å². The van der Waals surface area contributed by atoms with Crippen LogP contribution >= 0.6 is 0 Å². The molecule has 3 heteroatoms. The van der Waals surface area contributed by atoms with Crippen LogP contribution in [-0.2, 0) is 5.41 Å². The van der Waals surface area contributed by atoms with Gasteiger partial charge in [-0.15, -0.1) is 0 Å². The van der Waals surface area contributed by atoms with Gasteiger partial charge in [-0.3, -0.25) is 0 Å². The molecule has 12 rings (SSSR count). The molecule has 0 radical (unpaired) electrons. The van der Waals surface area contributed by atoms with Gasteiger partial charge in [0, 0.05) is 56.5 Å². The molecule has 0 saturated heterocycles. The number of nitrogens with zero attached hydrogens (tertiary/aromatic N) is 3. The van der Waals surface area contributed by atoms with Crippen molar-refractivity contribution in [1.82, 2.24) is 0 Å². The van der Waals surface area contributed by atoms with E-state index in [1.54, 1.807) is 0 Å². The Bertz CT molecular complexity index is 3860. The van der Waals surface area contributed by atoms with Crippen molar-refractivity contribution in [3.05, 3.63) is 309 Å². The molecule has 1 aliphatic carbocycles. The zero-order valence-electron chi connectivity index (χ0n) is 41.7. The first-order chi connectivity index (χ1) is 36.4. The van der Waals surface area contributed by atoms with E-state index in [0.29, 0.717) is 0 Å². The van der Waals surface area contributed by atoms with Crippen LogP contribution in [0.3, 0.4) is 0 Å². The maximum absolute atomic E-state index is 4.16. The smallest absolute Gasteiger partial charge is 0.0540 e. The fourth-order valence-electron chi connectivity index (χ4n) is 10.9. The standard InChI is InChI=1S/C71H55N3/c1-4-19-51(52-36-42-60(43-37-52)73(58-24-7-5-8-25-58)69-32-17-22-55-20-11-13-28-63(55)69)48-49-72(62-46-47-66-65-30-15-16-31-67(65)71(2,3)68(66)50-62)57-40-34-53(35-41-57)54-38-44-61(45-39-54)74(59-26-9-6-10-27-59)70-33-18-23-56-21-12-14-29-64(56)70/h4-50H,1H2,2-3H3/b49-48-,51-19+. The van der Waals surface area contributed by atoms with E-state index in [-0.39, 0.29) is 5.41 Å². The highest BCUT2D eigenvalue weighted by molar-refractivity contribution is 6.00. The molecular formula is C71H55N3. The number of hydrogen-bond acceptors (Lipinski definition) is 3. The minimum atomic E-state index is -0.146. The molecule has 74 heavy (non-hydrogen) atoms. The number of anilines is 8. The SMILES string of the molecule is C=C/C=C(\C=C/N(c1ccc(-c2ccc(N(c3ccccc3)c3cccc4ccccc34)cc2)cc1)c1ccc2c(c1)C(C)(C)c1ccccc1-2)c1ccc(N(c2ccccc2)c2cccc3ccccc23)cc1. The third-order valence-electron chi connectivity index (χ3n) is 14.7. The molecule has 1 aliphatic rings. The van der Waals surface area contributed by atoms with Crippen LogP contribution in [0.5, 0.6) is 0 Å². The van der Waals surface area contributed by atoms with Gasteiger partial charge in [-0.05, 0) is 146 Å². The van der Waals surface area contributed by atoms with Crippen LogP contribution in [0, 0.1) is 0 Å². The van der Waals surface area contributed by atoms with Crippen molar-refractivity contribution in [2.75, 3.05) is 14.7 Å². The lowest BCUT2D eigenvalue weighted by Gasteiger charge is -2.27. The summed E-state index contributed by atoms with van der Waals surface area (Å²) in [6.07, 6.45) is 8.39. The van der Waals surface area contributed by atoms with Crippen LogP contribution in [-0.4, -0.2) is 0 Å². The summed E-state index contributed by atoms with van der Waals surface area (Å²) in [5.41, 5.74) is 18.4. The van der Waals surface area contributed by atoms with E-state index in [1.165, 1.54) is 43.8 Å². The molecule has 0 atom stereocenters. The van der Waals surface area contributed by atoms with Gasteiger partial charge < -0.3 is 14.7 Å². The van der Waals surface area contributed by atoms with Gasteiger partial charge in [-0.2, -0.15) is 0 Å². The van der Waals surface area contributed by atoms with E-state index < -0.39 is 0 Å². The Labute approximate surface area is 435 Å². The van der Waals surface area contributed by atoms with Gasteiger partial charge in [-0.25, -0.2) is 0 Å². The van der Waals surface area contributed by atoms with Crippen LogP contribution in [0.1, 0.15) is 30.5 Å². The van der Waals surface area contributed by atoms with Gasteiger partial charge in [0.2, 0.25) is 0 Å². The Kier molecular flexibility index (Phi) is 12.1. The van der Waals surface area contributed by atoms with E-state index in [9.17, 15) is 0 Å². The van der Waals surface area contributed by atoms with Gasteiger partial charge in [0.05, 0.1) is 11.4 Å². The number of para-hydroxylation sites is 2. The minimum Gasteiger partial charge on any atom is -0.317 e. The van der Waals surface area contributed by atoms with E-state index in [4.69, 9.17) is 0 Å². The maximum Gasteiger partial charge on any atom is 0.0540 e. The molecule has 0 saturated carbocycles. The highest BCUT2D eigenvalue weighted by atomic mass is 15.2. The van der Waals surface area contributed by atoms with Crippen molar-refractivity contribution in [2.45, 2.75) is 19.3 Å². The van der Waals surface area contributed by atoms with Crippen LogP contribution in [0.25, 0.3) is 49.4 Å². The largest absolute Gasteiger partial charge is 0.317 e. The van der Waals surface area contributed by atoms with Crippen molar-refractivity contribution in [2.24, 2.45) is 0 Å². The first-order valence-corrected chi connectivity index (χ1v) is 25.4. The first-order valence-electron chi connectivity index (χ1n) is 25.4. The summed E-state index contributed by atoms with van der Waals surface area (Å²) < 4.78 is 0. The lowest BCUT2D eigenvalue weighted by Crippen LogP contribution is -2.16. The third-order valence-corrected chi connectivity index (χ3v) is 14.7. The van der Waals surface area contributed by atoms with E-state index in [1.807, 2.05) is 6.08 Å². The predicted octanol–water partition coefficient (Wildman–Crippen LogP) is 19.8. The lowest BCUT2D eigenvalue weighted by atomic mass is 9.82. The third kappa shape index (κ3) is 8.55. The fraction of sp³-hybridized carbons (Fsp3) is 0.0423. The molecule has 0 amide bonds. The highest BCUT2D eigenvalue weighted by Gasteiger charge is 2.35. The summed E-state index contributed by atoms with van der Waals surface area (Å²) >= 11 is 0. The molecule has 11 aromatic rings. The summed E-state index contributed by atoms with van der Waals surface area (Å²) in [7, 11) is 0. The Morgan fingerprint density at radius 2 is 0.838 bits per heavy atom. The maximum atomic E-state index is 4.16. The Morgan fingerprint density at radius 3 is 1.41 bits per heavy atom. The highest BCUT2D eigenvalue weighted by Crippen LogP contribution is 2.50. The molecule has 3 nitrogen and oxygen atoms in total. The van der Waals surface area contributed by atoms with Crippen LogP contribution in [0.2, 0.25) is 0 Å². The lowest BCUT2D eigenvalue weighted by molar-refractivity contribution is 0.660. The van der Waals surface area contributed by atoms with Gasteiger partial charge in [0.15, 0.2) is 0 Å². The van der Waals surface area contributed by atoms with Gasteiger partial charge in [0.25, 0.3) is 0 Å². The second-order valence-electron chi connectivity index (χ2n) is 19.4. The minimum absolute atomic E-state index is 0.146. The average molecular weight is 950 g/mol. The second kappa shape index (κ2) is 19.6. The number of rotatable bonds is 13. The zero-order valence-corrected chi connectivity index (χ0v) is 41.7. The summed E-state index contributed by atoms with van der Waals surface area (Å²) in [4.78, 5) is 7.01. The van der Waals surface area contributed by atoms with Crippen LogP contribution < -0.4 is 14.7 Å². The van der Waals surface area contributed by atoms with Crippen molar-refractivity contribution >= 4 is 72.6 Å². The van der Waals surface area contributed by atoms with E-state index in [0.717, 1.165) is 67.8 Å². The molecule has 0 fully saturated rings. The number of benzene rings is 11. The average Bonchev–Trinajstić information content (AvgIpc) is 3.69. The molecule has 354 valence electrons. The molecule has 0 unspecified atom stereocenters. The molecule has 0 N–H and O–H groups in total. The second-order valence-corrected chi connectivity index (χ2v) is 19.4. The molecule has 0 bridgehead atoms. The van der Waals surface area contributed by atoms with Crippen LogP contribution in [0.4, 0.5) is 45.5 Å². The van der Waals surface area contributed by atoms with Gasteiger partial charge in [-0.1, -0.05) is 209 Å². The van der Waals surface area contributed by atoms with Gasteiger partial charge in [0.1, 0.15) is 0 Å². The fourth-order valence-corrected chi connectivity index (χ4v) is 10.9.